The van der Waals surface area contributed by atoms with E-state index in [0.717, 1.165) is 44.5 Å². The summed E-state index contributed by atoms with van der Waals surface area (Å²) in [6, 6.07) is 36.9. The maximum absolute atomic E-state index is 11.9. The first kappa shape index (κ1) is 38.7. The van der Waals surface area contributed by atoms with Gasteiger partial charge in [-0.25, -0.2) is 0 Å². The number of phenols is 3. The van der Waals surface area contributed by atoms with Crippen LogP contribution in [0.3, 0.4) is 0 Å². The van der Waals surface area contributed by atoms with Crippen LogP contribution in [0.25, 0.3) is 0 Å². The molecule has 298 valence electrons. The summed E-state index contributed by atoms with van der Waals surface area (Å²) >= 11 is 0. The molecule has 12 bridgehead atoms. The minimum absolute atomic E-state index is 0.174. The Morgan fingerprint density at radius 2 is 0.534 bits per heavy atom. The number of para-hydroxylation sites is 7. The van der Waals surface area contributed by atoms with Crippen LogP contribution in [-0.4, -0.2) is 68.2 Å². The first-order valence-electron chi connectivity index (χ1n) is 19.9. The van der Waals surface area contributed by atoms with Gasteiger partial charge in [-0.15, -0.1) is 0 Å². The van der Waals surface area contributed by atoms with Gasteiger partial charge >= 0.3 is 0 Å². The smallest absolute Gasteiger partial charge is 0.161 e. The minimum Gasteiger partial charge on any atom is -0.507 e. The van der Waals surface area contributed by atoms with Crippen LogP contribution in [0.4, 0.5) is 0 Å². The first-order chi connectivity index (χ1) is 28.5. The molecule has 58 heavy (non-hydrogen) atoms. The molecule has 1 aliphatic carbocycles. The SMILES string of the molecule is Oc1c2cccc1Cc1cccc3c1OCCOCCOc1ccccc1OCCOCCOc1c(cccc1Cc1cccc(c1O)C3)Cc1cccc(c1O)C2. The highest BCUT2D eigenvalue weighted by Gasteiger charge is 2.21. The first-order valence-corrected chi connectivity index (χ1v) is 19.9. The molecule has 0 radical (unpaired) electrons. The minimum atomic E-state index is 0.174. The molecule has 0 saturated carbocycles. The molecular formula is C49H48O9. The molecule has 2 aliphatic rings. The molecule has 1 heterocycles. The van der Waals surface area contributed by atoms with E-state index in [1.54, 1.807) is 0 Å². The average Bonchev–Trinajstić information content (AvgIpc) is 3.22. The number of aromatic hydroxyl groups is 3. The number of benzene rings is 6. The maximum atomic E-state index is 11.9. The molecule has 0 atom stereocenters. The molecule has 3 N–H and O–H groups in total. The van der Waals surface area contributed by atoms with E-state index >= 15 is 0 Å². The lowest BCUT2D eigenvalue weighted by atomic mass is 9.91. The highest BCUT2D eigenvalue weighted by Crippen LogP contribution is 2.38. The summed E-state index contributed by atoms with van der Waals surface area (Å²) in [6.07, 6.45) is 1.98. The summed E-state index contributed by atoms with van der Waals surface area (Å²) in [6.45, 7) is 2.53. The van der Waals surface area contributed by atoms with Gasteiger partial charge in [-0.1, -0.05) is 103 Å². The van der Waals surface area contributed by atoms with E-state index in [4.69, 9.17) is 28.4 Å². The third kappa shape index (κ3) is 9.01. The fourth-order valence-electron chi connectivity index (χ4n) is 7.74. The van der Waals surface area contributed by atoms with Crippen LogP contribution < -0.4 is 18.9 Å². The molecule has 0 amide bonds. The van der Waals surface area contributed by atoms with Crippen LogP contribution in [0.1, 0.15) is 55.6 Å². The lowest BCUT2D eigenvalue weighted by Crippen LogP contribution is -2.14. The summed E-state index contributed by atoms with van der Waals surface area (Å²) in [4.78, 5) is 0. The highest BCUT2D eigenvalue weighted by molar-refractivity contribution is 5.56. The fraction of sp³-hybridized carbons (Fsp3) is 0.265. The van der Waals surface area contributed by atoms with Crippen LogP contribution >= 0.6 is 0 Å². The van der Waals surface area contributed by atoms with Gasteiger partial charge in [0.1, 0.15) is 55.2 Å². The van der Waals surface area contributed by atoms with E-state index < -0.39 is 0 Å². The molecule has 1 aliphatic heterocycles. The van der Waals surface area contributed by atoms with Crippen molar-refractivity contribution in [1.29, 1.82) is 0 Å². The predicted molar refractivity (Wildman–Crippen MR) is 221 cm³/mol. The molecule has 6 aromatic carbocycles. The second-order valence-corrected chi connectivity index (χ2v) is 14.5. The standard InChI is InChI=1S/C49H48O9/c50-45-33-8-3-10-35(45)29-39-14-6-16-41-31-37-12-5-13-38(47(37)52)32-42-17-7-15-40(30-36-11-4-9-34(28-33)46(36)51)49(42)58-27-23-54-21-25-56-44-19-2-1-18-43(44)55-24-20-53-22-26-57-48(39)41/h1-19,50-52H,20-32H2. The van der Waals surface area contributed by atoms with Crippen molar-refractivity contribution in [1.82, 2.24) is 0 Å². The molecule has 9 nitrogen and oxygen atoms in total. The Bertz CT molecular complexity index is 2190. The van der Waals surface area contributed by atoms with Crippen LogP contribution in [0, 0.1) is 0 Å². The Hall–Kier alpha value is -6.16. The Balaban J connectivity index is 1.22. The summed E-state index contributed by atoms with van der Waals surface area (Å²) in [7, 11) is 0. The van der Waals surface area contributed by atoms with Crippen molar-refractivity contribution >= 4 is 0 Å². The van der Waals surface area contributed by atoms with Gasteiger partial charge in [0, 0.05) is 32.1 Å². The van der Waals surface area contributed by atoms with Crippen molar-refractivity contribution in [3.63, 3.8) is 0 Å². The quantitative estimate of drug-likeness (QED) is 0.140. The van der Waals surface area contributed by atoms with Gasteiger partial charge in [0.15, 0.2) is 11.5 Å². The van der Waals surface area contributed by atoms with Gasteiger partial charge in [-0.3, -0.25) is 0 Å². The van der Waals surface area contributed by atoms with Gasteiger partial charge in [-0.05, 0) is 67.8 Å². The van der Waals surface area contributed by atoms with Gasteiger partial charge in [-0.2, -0.15) is 0 Å². The van der Waals surface area contributed by atoms with Crippen molar-refractivity contribution in [2.45, 2.75) is 32.1 Å². The van der Waals surface area contributed by atoms with Crippen molar-refractivity contribution < 1.29 is 43.7 Å². The van der Waals surface area contributed by atoms with Gasteiger partial charge < -0.3 is 43.7 Å². The Morgan fingerprint density at radius 1 is 0.276 bits per heavy atom. The number of phenolic OH excluding ortho intramolecular Hbond substituents is 3. The zero-order chi connectivity index (χ0) is 39.7. The molecule has 0 unspecified atom stereocenters. The van der Waals surface area contributed by atoms with Crippen LogP contribution in [-0.2, 0) is 41.6 Å². The maximum Gasteiger partial charge on any atom is 0.161 e. The summed E-state index contributed by atoms with van der Waals surface area (Å²) in [5.41, 5.74) is 7.97. The molecule has 0 saturated heterocycles. The Labute approximate surface area is 339 Å². The Morgan fingerprint density at radius 3 is 0.845 bits per heavy atom. The van der Waals surface area contributed by atoms with Crippen molar-refractivity contribution in [2.24, 2.45) is 0 Å². The van der Waals surface area contributed by atoms with E-state index in [-0.39, 0.29) is 30.5 Å². The molecule has 0 spiro atoms. The van der Waals surface area contributed by atoms with Crippen molar-refractivity contribution in [3.8, 4) is 40.2 Å². The van der Waals surface area contributed by atoms with Gasteiger partial charge in [0.2, 0.25) is 0 Å². The number of ether oxygens (including phenoxy) is 6. The zero-order valence-corrected chi connectivity index (χ0v) is 32.5. The lowest BCUT2D eigenvalue weighted by molar-refractivity contribution is 0.0695. The van der Waals surface area contributed by atoms with Crippen molar-refractivity contribution in [2.75, 3.05) is 52.9 Å². The van der Waals surface area contributed by atoms with Crippen molar-refractivity contribution in [3.05, 3.63) is 171 Å². The van der Waals surface area contributed by atoms with Gasteiger partial charge in [0.05, 0.1) is 26.4 Å². The third-order valence-corrected chi connectivity index (χ3v) is 10.6. The second-order valence-electron chi connectivity index (χ2n) is 14.5. The van der Waals surface area contributed by atoms with E-state index in [1.165, 1.54) is 0 Å². The van der Waals surface area contributed by atoms with E-state index in [1.807, 2.05) is 115 Å². The lowest BCUT2D eigenvalue weighted by Gasteiger charge is -2.20. The van der Waals surface area contributed by atoms with E-state index in [2.05, 4.69) is 0 Å². The number of hydrogen-bond donors (Lipinski definition) is 3. The largest absolute Gasteiger partial charge is 0.507 e. The molecule has 9 heteroatoms. The van der Waals surface area contributed by atoms with Gasteiger partial charge in [0.25, 0.3) is 0 Å². The number of fused-ring (bicyclic) bond motifs is 5. The number of rotatable bonds is 0. The average molecular weight is 781 g/mol. The fourth-order valence-corrected chi connectivity index (χ4v) is 7.74. The second kappa shape index (κ2) is 18.4. The Kier molecular flexibility index (Phi) is 12.3. The van der Waals surface area contributed by atoms with E-state index in [9.17, 15) is 15.3 Å². The molecule has 8 rings (SSSR count). The zero-order valence-electron chi connectivity index (χ0n) is 32.5. The third-order valence-electron chi connectivity index (χ3n) is 10.6. The van der Waals surface area contributed by atoms with Crippen LogP contribution in [0.2, 0.25) is 0 Å². The summed E-state index contributed by atoms with van der Waals surface area (Å²) in [5, 5.41) is 35.3. The molecule has 0 aromatic heterocycles. The van der Waals surface area contributed by atoms with Crippen LogP contribution in [0.5, 0.6) is 40.2 Å². The summed E-state index contributed by atoms with van der Waals surface area (Å²) < 4.78 is 37.0. The predicted octanol–water partition coefficient (Wildman–Crippen LogP) is 8.33. The van der Waals surface area contributed by atoms with E-state index in [0.29, 0.717) is 106 Å². The summed E-state index contributed by atoms with van der Waals surface area (Å²) in [5.74, 6) is 3.16. The topological polar surface area (TPSA) is 116 Å². The highest BCUT2D eigenvalue weighted by atomic mass is 16.6. The normalized spacial score (nSPS) is 15.3. The monoisotopic (exact) mass is 780 g/mol. The molecule has 6 aromatic rings. The van der Waals surface area contributed by atoms with Crippen LogP contribution in [0.15, 0.2) is 115 Å². The molecular weight excluding hydrogens is 733 g/mol. The number of hydrogen-bond acceptors (Lipinski definition) is 9. The molecule has 0 fully saturated rings.